The van der Waals surface area contributed by atoms with Crippen LogP contribution >= 0.6 is 15.9 Å². The van der Waals surface area contributed by atoms with Crippen LogP contribution in [0.3, 0.4) is 0 Å². The average molecular weight is 305 g/mol. The molecule has 2 aromatic rings. The highest BCUT2D eigenvalue weighted by Gasteiger charge is 2.56. The number of aromatic nitrogens is 2. The number of hydrogen-bond donors (Lipinski definition) is 1. The Kier molecular flexibility index (Phi) is 2.19. The third kappa shape index (κ3) is 1.41. The van der Waals surface area contributed by atoms with E-state index in [1.807, 2.05) is 12.3 Å². The summed E-state index contributed by atoms with van der Waals surface area (Å²) >= 11 is 3.41. The van der Waals surface area contributed by atoms with Crippen LogP contribution in [0.15, 0.2) is 22.9 Å². The van der Waals surface area contributed by atoms with Gasteiger partial charge in [-0.05, 0) is 46.7 Å². The maximum Gasteiger partial charge on any atom is 0.168 e. The number of carbonyl (C=O) groups excluding carboxylic acids is 1. The maximum atomic E-state index is 12.5. The number of hydrogen-bond acceptors (Lipinski definition) is 2. The SMILES string of the molecule is O=C(c1c[nH]c2ncc(Br)cc12)C1C2CCCC21. The number of fused-ring (bicyclic) bond motifs is 2. The summed E-state index contributed by atoms with van der Waals surface area (Å²) in [5.41, 5.74) is 1.62. The van der Waals surface area contributed by atoms with E-state index in [9.17, 15) is 4.79 Å². The summed E-state index contributed by atoms with van der Waals surface area (Å²) in [6.45, 7) is 0. The van der Waals surface area contributed by atoms with E-state index in [2.05, 4.69) is 25.9 Å². The topological polar surface area (TPSA) is 45.8 Å². The highest BCUT2D eigenvalue weighted by Crippen LogP contribution is 2.58. The number of H-pyrrole nitrogens is 1. The molecule has 2 heterocycles. The molecule has 0 saturated heterocycles. The molecule has 2 fully saturated rings. The molecule has 0 aromatic carbocycles. The maximum absolute atomic E-state index is 12.5. The third-order valence-electron chi connectivity index (χ3n) is 4.47. The number of rotatable bonds is 2. The first-order chi connectivity index (χ1) is 8.75. The minimum absolute atomic E-state index is 0.289. The number of nitrogens with one attached hydrogen (secondary N) is 1. The molecule has 2 saturated carbocycles. The second kappa shape index (κ2) is 3.67. The van der Waals surface area contributed by atoms with Crippen LogP contribution in [0.4, 0.5) is 0 Å². The Balaban J connectivity index is 1.74. The van der Waals surface area contributed by atoms with Crippen LogP contribution in [-0.4, -0.2) is 15.8 Å². The molecule has 0 radical (unpaired) electrons. The van der Waals surface area contributed by atoms with E-state index >= 15 is 0 Å². The van der Waals surface area contributed by atoms with Crippen molar-refractivity contribution in [2.75, 3.05) is 0 Å². The highest BCUT2D eigenvalue weighted by atomic mass is 79.9. The Morgan fingerprint density at radius 2 is 2.17 bits per heavy atom. The standard InChI is InChI=1S/C14H13BrN2O/c15-7-4-10-11(6-17-14(10)16-5-7)13(18)12-8-2-1-3-9(8)12/h4-6,8-9,12H,1-3H2,(H,16,17). The molecule has 1 N–H and O–H groups in total. The first-order valence-corrected chi connectivity index (χ1v) is 7.22. The molecule has 4 rings (SSSR count). The van der Waals surface area contributed by atoms with E-state index in [4.69, 9.17) is 0 Å². The molecular formula is C14H13BrN2O. The van der Waals surface area contributed by atoms with Gasteiger partial charge in [0, 0.05) is 33.7 Å². The molecule has 2 atom stereocenters. The largest absolute Gasteiger partial charge is 0.345 e. The van der Waals surface area contributed by atoms with Crippen molar-refractivity contribution in [1.29, 1.82) is 0 Å². The van der Waals surface area contributed by atoms with Gasteiger partial charge in [0.05, 0.1) is 0 Å². The van der Waals surface area contributed by atoms with Crippen molar-refractivity contribution in [3.8, 4) is 0 Å². The Hall–Kier alpha value is -1.16. The van der Waals surface area contributed by atoms with E-state index < -0.39 is 0 Å². The number of carbonyl (C=O) groups is 1. The lowest BCUT2D eigenvalue weighted by molar-refractivity contribution is 0.0953. The van der Waals surface area contributed by atoms with E-state index in [1.165, 1.54) is 19.3 Å². The highest BCUT2D eigenvalue weighted by molar-refractivity contribution is 9.10. The molecule has 2 aliphatic carbocycles. The Bertz CT molecular complexity index is 638. The van der Waals surface area contributed by atoms with Crippen LogP contribution in [0, 0.1) is 17.8 Å². The zero-order chi connectivity index (χ0) is 12.3. The molecule has 2 aliphatic rings. The fourth-order valence-corrected chi connectivity index (χ4v) is 3.90. The molecule has 0 spiro atoms. The first-order valence-electron chi connectivity index (χ1n) is 6.42. The normalized spacial score (nSPS) is 29.5. The van der Waals surface area contributed by atoms with Gasteiger partial charge in [-0.3, -0.25) is 4.79 Å². The third-order valence-corrected chi connectivity index (χ3v) is 4.91. The molecule has 0 aliphatic heterocycles. The average Bonchev–Trinajstić information content (AvgIpc) is 2.77. The second-order valence-electron chi connectivity index (χ2n) is 5.40. The van der Waals surface area contributed by atoms with Gasteiger partial charge in [-0.2, -0.15) is 0 Å². The summed E-state index contributed by atoms with van der Waals surface area (Å²) in [6.07, 6.45) is 7.36. The zero-order valence-corrected chi connectivity index (χ0v) is 11.4. The molecular weight excluding hydrogens is 292 g/mol. The molecule has 2 aromatic heterocycles. The molecule has 3 nitrogen and oxygen atoms in total. The second-order valence-corrected chi connectivity index (χ2v) is 6.32. The minimum Gasteiger partial charge on any atom is -0.345 e. The number of halogens is 1. The van der Waals surface area contributed by atoms with Crippen LogP contribution in [0.1, 0.15) is 29.6 Å². The smallest absolute Gasteiger partial charge is 0.168 e. The van der Waals surface area contributed by atoms with Crippen LogP contribution in [-0.2, 0) is 0 Å². The number of pyridine rings is 1. The van der Waals surface area contributed by atoms with Crippen molar-refractivity contribution in [1.82, 2.24) is 9.97 Å². The lowest BCUT2D eigenvalue weighted by Gasteiger charge is -2.01. The van der Waals surface area contributed by atoms with Crippen molar-refractivity contribution in [2.45, 2.75) is 19.3 Å². The Morgan fingerprint density at radius 3 is 2.94 bits per heavy atom. The quantitative estimate of drug-likeness (QED) is 0.862. The number of aromatic amines is 1. The van der Waals surface area contributed by atoms with Crippen LogP contribution in [0.2, 0.25) is 0 Å². The van der Waals surface area contributed by atoms with Gasteiger partial charge in [0.2, 0.25) is 0 Å². The Morgan fingerprint density at radius 1 is 1.39 bits per heavy atom. The van der Waals surface area contributed by atoms with Gasteiger partial charge in [-0.25, -0.2) is 4.98 Å². The molecule has 4 heteroatoms. The van der Waals surface area contributed by atoms with Crippen LogP contribution in [0.5, 0.6) is 0 Å². The van der Waals surface area contributed by atoms with Crippen molar-refractivity contribution in [2.24, 2.45) is 17.8 Å². The van der Waals surface area contributed by atoms with Crippen LogP contribution < -0.4 is 0 Å². The number of Topliss-reactive ketones (excluding diaryl/α,β-unsaturated/α-hetero) is 1. The number of ketones is 1. The first kappa shape index (κ1) is 10.7. The Labute approximate surface area is 113 Å². The predicted octanol–water partition coefficient (Wildman–Crippen LogP) is 3.55. The molecule has 2 unspecified atom stereocenters. The van der Waals surface area contributed by atoms with Gasteiger partial charge in [0.25, 0.3) is 0 Å². The molecule has 0 amide bonds. The minimum atomic E-state index is 0.289. The zero-order valence-electron chi connectivity index (χ0n) is 9.82. The fraction of sp³-hybridized carbons (Fsp3) is 0.429. The van der Waals surface area contributed by atoms with Gasteiger partial charge in [0.1, 0.15) is 5.65 Å². The van der Waals surface area contributed by atoms with E-state index in [1.54, 1.807) is 6.20 Å². The van der Waals surface area contributed by atoms with E-state index in [0.29, 0.717) is 17.6 Å². The summed E-state index contributed by atoms with van der Waals surface area (Å²) in [5.74, 6) is 1.94. The van der Waals surface area contributed by atoms with Gasteiger partial charge in [0.15, 0.2) is 5.78 Å². The lowest BCUT2D eigenvalue weighted by Crippen LogP contribution is -2.05. The molecule has 92 valence electrons. The van der Waals surface area contributed by atoms with Crippen molar-refractivity contribution < 1.29 is 4.79 Å². The summed E-state index contributed by atoms with van der Waals surface area (Å²) in [5, 5.41) is 0.944. The molecule has 18 heavy (non-hydrogen) atoms. The van der Waals surface area contributed by atoms with E-state index in [0.717, 1.165) is 21.1 Å². The summed E-state index contributed by atoms with van der Waals surface area (Å²) in [6, 6.07) is 1.98. The fourth-order valence-electron chi connectivity index (χ4n) is 3.57. The lowest BCUT2D eigenvalue weighted by atomic mass is 10.0. The van der Waals surface area contributed by atoms with Gasteiger partial charge in [-0.15, -0.1) is 0 Å². The van der Waals surface area contributed by atoms with E-state index in [-0.39, 0.29) is 5.92 Å². The van der Waals surface area contributed by atoms with Gasteiger partial charge < -0.3 is 4.98 Å². The van der Waals surface area contributed by atoms with Crippen molar-refractivity contribution in [3.05, 3.63) is 28.5 Å². The molecule has 0 bridgehead atoms. The predicted molar refractivity (Wildman–Crippen MR) is 72.4 cm³/mol. The van der Waals surface area contributed by atoms with Gasteiger partial charge >= 0.3 is 0 Å². The summed E-state index contributed by atoms with van der Waals surface area (Å²) in [4.78, 5) is 19.9. The monoisotopic (exact) mass is 304 g/mol. The number of nitrogens with zero attached hydrogens (tertiary/aromatic N) is 1. The van der Waals surface area contributed by atoms with Crippen LogP contribution in [0.25, 0.3) is 11.0 Å². The summed E-state index contributed by atoms with van der Waals surface area (Å²) in [7, 11) is 0. The van der Waals surface area contributed by atoms with Crippen molar-refractivity contribution >= 4 is 32.7 Å². The summed E-state index contributed by atoms with van der Waals surface area (Å²) < 4.78 is 0.916. The van der Waals surface area contributed by atoms with Gasteiger partial charge in [-0.1, -0.05) is 6.42 Å². The van der Waals surface area contributed by atoms with Crippen molar-refractivity contribution in [3.63, 3.8) is 0 Å².